The number of hydrogen-bond donors (Lipinski definition) is 0. The summed E-state index contributed by atoms with van der Waals surface area (Å²) in [5, 5.41) is 12.4. The van der Waals surface area contributed by atoms with Crippen LogP contribution in [0.4, 0.5) is 0 Å². The minimum absolute atomic E-state index is 0.321. The van der Waals surface area contributed by atoms with Crippen LogP contribution in [-0.4, -0.2) is 88.8 Å². The summed E-state index contributed by atoms with van der Waals surface area (Å²) in [6.45, 7) is 51.2. The summed E-state index contributed by atoms with van der Waals surface area (Å²) in [6.07, 6.45) is 66.6. The third-order valence-corrected chi connectivity index (χ3v) is 25.7. The fourth-order valence-corrected chi connectivity index (χ4v) is 14.9. The molecule has 0 atom stereocenters. The van der Waals surface area contributed by atoms with Crippen molar-refractivity contribution in [2.24, 2.45) is 21.7 Å². The molecule has 0 fully saturated rings. The van der Waals surface area contributed by atoms with Crippen LogP contribution in [0.25, 0.3) is 0 Å². The summed E-state index contributed by atoms with van der Waals surface area (Å²) in [5.74, 6) is 1.41. The first-order valence-electron chi connectivity index (χ1n) is 43.3. The number of carbonyl (C=O) groups excluding carboxylic acids is 1. The van der Waals surface area contributed by atoms with Gasteiger partial charge in [0.25, 0.3) is 0 Å². The number of Topliss-reactive ketones (excluding diaryl/α,β-unsaturated/α-hetero) is 1. The lowest BCUT2D eigenvalue weighted by Crippen LogP contribution is -2.30. The molecule has 0 N–H and O–H groups in total. The molecule has 12 nitrogen and oxygen atoms in total. The fraction of sp³-hybridized carbons (Fsp3) is 0.933. The van der Waals surface area contributed by atoms with Gasteiger partial charge in [0.1, 0.15) is 15.6 Å². The maximum absolute atomic E-state index is 11.9. The molecule has 2 rings (SSSR count). The highest BCUT2D eigenvalue weighted by Crippen LogP contribution is 2.27. The number of ketones is 1. The number of aromatic nitrogens is 5. The van der Waals surface area contributed by atoms with Crippen molar-refractivity contribution < 1.29 is 30.0 Å². The number of nitrogens with zero attached hydrogens (tertiary/aromatic N) is 5. The third kappa shape index (κ3) is 79.4. The predicted molar refractivity (Wildman–Crippen MR) is 460 cm³/mol. The predicted octanol–water partition coefficient (Wildman–Crippen LogP) is 27.6. The maximum atomic E-state index is 11.9. The Morgan fingerprint density at radius 2 is 0.654 bits per heavy atom. The molecule has 2 heterocycles. The number of carbonyl (C=O) groups is 1. The standard InChI is InChI=1S/C18H36O3S.C15H29N3.C15H28N2.C15H32O2S.C15H32.C11H24O2S/c1-5-17(19)15-13-11-9-7-6-8-10-12-14-16-22(20,21)18(2,3)4;1-5-14-13-16-17-18(14)12-10-8-6-7-9-11-15(2,3)4;1-14-12-16-17(13-14)11-9-7-5-6-8-10-15(2,3)4;1-15(2,3)13-11-9-7-5-6-8-10-12-14-18(4,16)17;1-5-6-7-8-9-10-11-12-13-14-15(2,3)4;1-5-6-7-8-9-10-14(12,13)11(2,3)4/h5-16H2,1-4H3;13H,5-12H2,1-4H3;12-13H,5-11H2,1-4H3;5-14H2,1-4H3;5-14H2,1-4H3;5-10H2,1-4H3. The van der Waals surface area contributed by atoms with E-state index in [9.17, 15) is 30.0 Å². The fourth-order valence-electron chi connectivity index (χ4n) is 11.8. The topological polar surface area (TPSA) is 168 Å². The van der Waals surface area contributed by atoms with Crippen LogP contribution in [0.5, 0.6) is 0 Å². The Morgan fingerprint density at radius 1 is 0.365 bits per heavy atom. The second-order valence-corrected chi connectivity index (χ2v) is 45.7. The zero-order valence-electron chi connectivity index (χ0n) is 74.0. The van der Waals surface area contributed by atoms with Crippen LogP contribution in [-0.2, 0) is 53.8 Å². The Morgan fingerprint density at radius 3 is 0.933 bits per heavy atom. The van der Waals surface area contributed by atoms with Gasteiger partial charge in [-0.15, -0.1) is 5.10 Å². The first kappa shape index (κ1) is 108. The molecule has 0 aromatic carbocycles. The first-order valence-corrected chi connectivity index (χ1v) is 48.7. The van der Waals surface area contributed by atoms with Gasteiger partial charge in [0.15, 0.2) is 19.7 Å². The van der Waals surface area contributed by atoms with Crippen molar-refractivity contribution in [1.29, 1.82) is 0 Å². The number of hydrogen-bond acceptors (Lipinski definition) is 10. The second-order valence-electron chi connectivity index (χ2n) is 37.7. The van der Waals surface area contributed by atoms with E-state index in [1.807, 2.05) is 19.3 Å². The molecular weight excluding hydrogens is 1350 g/mol. The molecule has 0 amide bonds. The molecule has 0 aliphatic heterocycles. The van der Waals surface area contributed by atoms with E-state index in [-0.39, 0.29) is 0 Å². The third-order valence-electron chi connectivity index (χ3n) is 19.3. The summed E-state index contributed by atoms with van der Waals surface area (Å²) in [5.41, 5.74) is 4.54. The number of unbranched alkanes of at least 4 members (excludes halogenated alkanes) is 35. The van der Waals surface area contributed by atoms with E-state index in [0.717, 1.165) is 90.1 Å². The molecule has 0 spiro atoms. The molecule has 0 aliphatic rings. The molecule has 0 saturated carbocycles. The highest BCUT2D eigenvalue weighted by Gasteiger charge is 2.29. The Hall–Kier alpha value is -2.13. The highest BCUT2D eigenvalue weighted by atomic mass is 32.2. The van der Waals surface area contributed by atoms with Crippen LogP contribution >= 0.6 is 0 Å². The van der Waals surface area contributed by atoms with E-state index in [1.165, 1.54) is 242 Å². The lowest BCUT2D eigenvalue weighted by molar-refractivity contribution is -0.118. The molecule has 0 saturated heterocycles. The molecule has 0 radical (unpaired) electrons. The number of rotatable bonds is 53. The number of sulfone groups is 3. The average molecular weight is 1530 g/mol. The zero-order chi connectivity index (χ0) is 80.1. The minimum Gasteiger partial charge on any atom is -0.300 e. The van der Waals surface area contributed by atoms with Gasteiger partial charge in [-0.1, -0.05) is 341 Å². The van der Waals surface area contributed by atoms with Gasteiger partial charge in [-0.25, -0.2) is 29.9 Å². The molecular formula is C89H181N5O7S3. The van der Waals surface area contributed by atoms with Crippen LogP contribution in [0.15, 0.2) is 18.6 Å². The smallest absolute Gasteiger partial charge is 0.155 e. The van der Waals surface area contributed by atoms with Gasteiger partial charge in [0, 0.05) is 44.1 Å². The van der Waals surface area contributed by atoms with Gasteiger partial charge < -0.3 is 0 Å². The molecule has 104 heavy (non-hydrogen) atoms. The minimum atomic E-state index is -2.94. The van der Waals surface area contributed by atoms with E-state index >= 15 is 0 Å². The molecule has 0 bridgehead atoms. The van der Waals surface area contributed by atoms with Crippen molar-refractivity contribution in [3.8, 4) is 0 Å². The van der Waals surface area contributed by atoms with E-state index in [0.29, 0.717) is 51.1 Å². The van der Waals surface area contributed by atoms with Gasteiger partial charge in [-0.2, -0.15) is 5.10 Å². The Kier molecular flexibility index (Phi) is 66.1. The van der Waals surface area contributed by atoms with Gasteiger partial charge in [0.2, 0.25) is 0 Å². The Balaban J connectivity index is -0.000000580. The molecule has 2 aromatic heterocycles. The lowest BCUT2D eigenvalue weighted by atomic mass is 9.89. The van der Waals surface area contributed by atoms with Gasteiger partial charge in [0.05, 0.1) is 39.1 Å². The molecule has 2 aromatic rings. The van der Waals surface area contributed by atoms with Crippen LogP contribution in [0.1, 0.15) is 465 Å². The highest BCUT2D eigenvalue weighted by molar-refractivity contribution is 7.93. The van der Waals surface area contributed by atoms with Crippen LogP contribution in [0, 0.1) is 28.6 Å². The molecule has 15 heteroatoms. The summed E-state index contributed by atoms with van der Waals surface area (Å²) in [7, 11) is -8.57. The van der Waals surface area contributed by atoms with Crippen LogP contribution < -0.4 is 0 Å². The monoisotopic (exact) mass is 1530 g/mol. The first-order chi connectivity index (χ1) is 48.3. The lowest BCUT2D eigenvalue weighted by Gasteiger charge is -2.18. The summed E-state index contributed by atoms with van der Waals surface area (Å²) < 4.78 is 72.0. The van der Waals surface area contributed by atoms with E-state index in [4.69, 9.17) is 0 Å². The van der Waals surface area contributed by atoms with Crippen LogP contribution in [0.2, 0.25) is 0 Å². The van der Waals surface area contributed by atoms with Crippen molar-refractivity contribution in [3.05, 3.63) is 29.8 Å². The Labute approximate surface area is 651 Å². The molecule has 0 aliphatic carbocycles. The summed E-state index contributed by atoms with van der Waals surface area (Å²) >= 11 is 0. The van der Waals surface area contributed by atoms with Crippen molar-refractivity contribution >= 4 is 35.3 Å². The van der Waals surface area contributed by atoms with Gasteiger partial charge >= 0.3 is 0 Å². The van der Waals surface area contributed by atoms with E-state index in [2.05, 4.69) is 142 Å². The zero-order valence-corrected chi connectivity index (χ0v) is 76.5. The normalized spacial score (nSPS) is 12.4. The van der Waals surface area contributed by atoms with Crippen molar-refractivity contribution in [3.63, 3.8) is 0 Å². The maximum Gasteiger partial charge on any atom is 0.155 e. The summed E-state index contributed by atoms with van der Waals surface area (Å²) in [6, 6.07) is 0. The van der Waals surface area contributed by atoms with Crippen molar-refractivity contribution in [2.75, 3.05) is 23.5 Å². The van der Waals surface area contributed by atoms with Crippen molar-refractivity contribution in [1.82, 2.24) is 24.8 Å². The largest absolute Gasteiger partial charge is 0.300 e. The number of aryl methyl sites for hydroxylation is 4. The van der Waals surface area contributed by atoms with E-state index < -0.39 is 39.0 Å². The van der Waals surface area contributed by atoms with E-state index in [1.54, 1.807) is 41.5 Å². The second kappa shape index (κ2) is 63.5. The van der Waals surface area contributed by atoms with Gasteiger partial charge in [-0.05, 0) is 146 Å². The Bertz CT molecular complexity index is 2580. The molecule has 0 unspecified atom stereocenters. The van der Waals surface area contributed by atoms with Crippen LogP contribution in [0.3, 0.4) is 0 Å². The summed E-state index contributed by atoms with van der Waals surface area (Å²) in [4.78, 5) is 11.1. The quantitative estimate of drug-likeness (QED) is 0.0581. The van der Waals surface area contributed by atoms with Gasteiger partial charge in [-0.3, -0.25) is 9.48 Å². The molecule has 622 valence electrons. The van der Waals surface area contributed by atoms with Crippen molar-refractivity contribution in [2.45, 2.75) is 490 Å². The SMILES string of the molecule is CC(C)(C)CCCCCCCCCCS(C)(=O)=O.CCC(=O)CCCCCCCCCCCS(=O)(=O)C(C)(C)C.CCCCCCCCCCCC(C)(C)C.CCCCCCCS(=O)(=O)C(C)(C)C.CCc1cnnn1CCCCCCCC(C)(C)C.Cc1cnn(CCCCCCCC(C)(C)C)c1. The average Bonchev–Trinajstić information content (AvgIpc) is 1.19.